The fraction of sp³-hybridized carbons (Fsp3) is 0.849. The maximum absolute atomic E-state index is 13.4. The van der Waals surface area contributed by atoms with Gasteiger partial charge < -0.3 is 65.1 Å². The Morgan fingerprint density at radius 3 is 1.22 bits per heavy atom. The molecule has 0 spiro atoms. The van der Waals surface area contributed by atoms with E-state index in [0.29, 0.717) is 12.8 Å². The number of aliphatic hydroxyl groups excluding tert-OH is 8. The molecule has 508 valence electrons. The molecule has 12 unspecified atom stereocenters. The van der Waals surface area contributed by atoms with Crippen LogP contribution in [0.25, 0.3) is 0 Å². The summed E-state index contributed by atoms with van der Waals surface area (Å²) in [5, 5.41) is 87.7. The smallest absolute Gasteiger partial charge is 0.220 e. The summed E-state index contributed by atoms with van der Waals surface area (Å²) >= 11 is 0. The van der Waals surface area contributed by atoms with E-state index < -0.39 is 86.8 Å². The quantitative estimate of drug-likeness (QED) is 0.0204. The number of allylic oxidation sites excluding steroid dienone is 10. The molecule has 14 nitrogen and oxygen atoms in total. The van der Waals surface area contributed by atoms with Crippen LogP contribution in [-0.4, -0.2) is 140 Å². The number of ether oxygens (including phenoxy) is 4. The van der Waals surface area contributed by atoms with E-state index in [1.807, 2.05) is 0 Å². The van der Waals surface area contributed by atoms with Gasteiger partial charge in [0.2, 0.25) is 5.91 Å². The second-order valence-corrected chi connectivity index (χ2v) is 25.3. The van der Waals surface area contributed by atoms with Gasteiger partial charge >= 0.3 is 0 Å². The van der Waals surface area contributed by atoms with Gasteiger partial charge in [0.15, 0.2) is 12.6 Å². The topological polar surface area (TPSA) is 228 Å². The van der Waals surface area contributed by atoms with Crippen molar-refractivity contribution in [3.63, 3.8) is 0 Å². The zero-order chi connectivity index (χ0) is 63.1. The molecule has 2 fully saturated rings. The number of nitrogens with one attached hydrogen (secondary N) is 1. The summed E-state index contributed by atoms with van der Waals surface area (Å²) in [5.74, 6) is -0.204. The fourth-order valence-corrected chi connectivity index (χ4v) is 11.8. The van der Waals surface area contributed by atoms with Gasteiger partial charge in [0, 0.05) is 6.42 Å². The van der Waals surface area contributed by atoms with E-state index in [9.17, 15) is 45.6 Å². The van der Waals surface area contributed by atoms with Crippen LogP contribution in [0.1, 0.15) is 303 Å². The molecule has 0 aliphatic carbocycles. The summed E-state index contributed by atoms with van der Waals surface area (Å²) in [6.07, 6.45) is 59.4. The molecule has 2 aliphatic heterocycles. The molecular formula is C73H133NO13. The molecular weight excluding hydrogens is 1100 g/mol. The van der Waals surface area contributed by atoms with Gasteiger partial charge in [-0.2, -0.15) is 0 Å². The van der Waals surface area contributed by atoms with E-state index in [-0.39, 0.29) is 12.5 Å². The zero-order valence-electron chi connectivity index (χ0n) is 55.3. The van der Waals surface area contributed by atoms with E-state index in [1.54, 1.807) is 0 Å². The Kier molecular flexibility index (Phi) is 53.5. The zero-order valence-corrected chi connectivity index (χ0v) is 55.3. The molecule has 14 heteroatoms. The second-order valence-electron chi connectivity index (χ2n) is 25.3. The Bertz CT molecular complexity index is 1690. The molecule has 0 radical (unpaired) electrons. The molecule has 0 aromatic rings. The van der Waals surface area contributed by atoms with Crippen LogP contribution in [0, 0.1) is 0 Å². The SMILES string of the molecule is CC/C=C\C/C=C\C/C=C\C/C=C\C/C=C\CCCCCCCCCCCCCCCCCC(=O)NC(COC1OC(CO)C(OC2OC(CO)C(O)C(O)C2O)C(O)C1O)C(O)CCCCCCCCCCCCCCCCCCCCCCCC. The standard InChI is InChI=1S/C73H133NO13/c1-3-5-7-9-11-13-15-17-19-21-23-25-27-28-29-30-31-32-33-34-35-37-39-41-43-45-47-49-51-53-55-57-65(78)74-61(60-84-72-70(83)68(81)71(64(59-76)86-72)87-73-69(82)67(80)66(79)63(58-75)85-73)62(77)56-54-52-50-48-46-44-42-40-38-36-26-24-22-20-18-16-14-12-10-8-6-4-2/h5,7,11,13,17,19,23,25,28-29,61-64,66-73,75-77,79-83H,3-4,6,8-10,12,14-16,18,20-22,24,26-27,30-60H2,1-2H3,(H,74,78)/b7-5-,13-11-,19-17-,25-23-,29-28-. The van der Waals surface area contributed by atoms with Crippen molar-refractivity contribution in [2.45, 2.75) is 376 Å². The number of rotatable bonds is 59. The highest BCUT2D eigenvalue weighted by molar-refractivity contribution is 5.76. The average molecular weight is 1230 g/mol. The molecule has 2 rings (SSSR count). The molecule has 12 atom stereocenters. The Morgan fingerprint density at radius 1 is 0.425 bits per heavy atom. The van der Waals surface area contributed by atoms with Gasteiger partial charge in [0.1, 0.15) is 48.8 Å². The molecule has 0 bridgehead atoms. The van der Waals surface area contributed by atoms with Crippen molar-refractivity contribution in [2.24, 2.45) is 0 Å². The number of unbranched alkanes of at least 4 members (excludes halogenated alkanes) is 36. The normalized spacial score (nSPS) is 23.6. The van der Waals surface area contributed by atoms with Gasteiger partial charge in [-0.05, 0) is 57.8 Å². The summed E-state index contributed by atoms with van der Waals surface area (Å²) in [6.45, 7) is 2.79. The van der Waals surface area contributed by atoms with Gasteiger partial charge in [0.25, 0.3) is 0 Å². The first-order valence-electron chi connectivity index (χ1n) is 36.0. The number of amides is 1. The number of carbonyl (C=O) groups excluding carboxylic acids is 1. The molecule has 87 heavy (non-hydrogen) atoms. The van der Waals surface area contributed by atoms with Crippen LogP contribution in [0.3, 0.4) is 0 Å². The predicted molar refractivity (Wildman–Crippen MR) is 355 cm³/mol. The second kappa shape index (κ2) is 57.6. The number of hydrogen-bond acceptors (Lipinski definition) is 13. The highest BCUT2D eigenvalue weighted by Gasteiger charge is 2.51. The molecule has 0 aromatic carbocycles. The highest BCUT2D eigenvalue weighted by Crippen LogP contribution is 2.30. The van der Waals surface area contributed by atoms with Gasteiger partial charge in [-0.25, -0.2) is 0 Å². The lowest BCUT2D eigenvalue weighted by Gasteiger charge is -2.46. The minimum atomic E-state index is -1.78. The number of hydrogen-bond donors (Lipinski definition) is 9. The third-order valence-electron chi connectivity index (χ3n) is 17.5. The largest absolute Gasteiger partial charge is 0.394 e. The van der Waals surface area contributed by atoms with Crippen LogP contribution in [0.5, 0.6) is 0 Å². The van der Waals surface area contributed by atoms with Gasteiger partial charge in [0.05, 0.1) is 32.0 Å². The maximum atomic E-state index is 13.4. The number of carbonyl (C=O) groups is 1. The Balaban J connectivity index is 1.65. The van der Waals surface area contributed by atoms with Gasteiger partial charge in [-0.1, -0.05) is 299 Å². The third-order valence-corrected chi connectivity index (χ3v) is 17.5. The number of aliphatic hydroxyl groups is 8. The lowest BCUT2D eigenvalue weighted by atomic mass is 9.97. The van der Waals surface area contributed by atoms with E-state index in [0.717, 1.165) is 83.5 Å². The fourth-order valence-electron chi connectivity index (χ4n) is 11.8. The van der Waals surface area contributed by atoms with Crippen LogP contribution in [0.2, 0.25) is 0 Å². The van der Waals surface area contributed by atoms with E-state index in [1.165, 1.54) is 193 Å². The highest BCUT2D eigenvalue weighted by atomic mass is 16.7. The van der Waals surface area contributed by atoms with Crippen molar-refractivity contribution < 1.29 is 64.6 Å². The lowest BCUT2D eigenvalue weighted by Crippen LogP contribution is -2.65. The summed E-state index contributed by atoms with van der Waals surface area (Å²) in [5.41, 5.74) is 0. The monoisotopic (exact) mass is 1230 g/mol. The van der Waals surface area contributed by atoms with Crippen molar-refractivity contribution in [2.75, 3.05) is 19.8 Å². The van der Waals surface area contributed by atoms with Crippen molar-refractivity contribution in [1.29, 1.82) is 0 Å². The van der Waals surface area contributed by atoms with E-state index >= 15 is 0 Å². The summed E-state index contributed by atoms with van der Waals surface area (Å²) in [4.78, 5) is 13.4. The Labute approximate surface area is 530 Å². The Morgan fingerprint density at radius 2 is 0.793 bits per heavy atom. The van der Waals surface area contributed by atoms with E-state index in [4.69, 9.17) is 18.9 Å². The molecule has 2 aliphatic rings. The van der Waals surface area contributed by atoms with Crippen LogP contribution in [0.4, 0.5) is 0 Å². The van der Waals surface area contributed by atoms with Crippen molar-refractivity contribution in [1.82, 2.24) is 5.32 Å². The Hall–Kier alpha value is -2.31. The molecule has 9 N–H and O–H groups in total. The molecule has 0 saturated carbocycles. The van der Waals surface area contributed by atoms with Gasteiger partial charge in [-0.15, -0.1) is 0 Å². The first-order chi connectivity index (χ1) is 42.6. The van der Waals surface area contributed by atoms with Crippen molar-refractivity contribution in [3.05, 3.63) is 60.8 Å². The van der Waals surface area contributed by atoms with Crippen LogP contribution >= 0.6 is 0 Å². The molecule has 0 aromatic heterocycles. The maximum Gasteiger partial charge on any atom is 0.220 e. The summed E-state index contributed by atoms with van der Waals surface area (Å²) in [6, 6.07) is -0.832. The van der Waals surface area contributed by atoms with Gasteiger partial charge in [-0.3, -0.25) is 4.79 Å². The first kappa shape index (κ1) is 80.8. The van der Waals surface area contributed by atoms with E-state index in [2.05, 4.69) is 79.9 Å². The summed E-state index contributed by atoms with van der Waals surface area (Å²) < 4.78 is 22.9. The minimum Gasteiger partial charge on any atom is -0.394 e. The van der Waals surface area contributed by atoms with Crippen LogP contribution in [0.15, 0.2) is 60.8 Å². The first-order valence-corrected chi connectivity index (χ1v) is 36.0. The van der Waals surface area contributed by atoms with Crippen LogP contribution < -0.4 is 5.32 Å². The van der Waals surface area contributed by atoms with Crippen molar-refractivity contribution >= 4 is 5.91 Å². The van der Waals surface area contributed by atoms with Crippen LogP contribution in [-0.2, 0) is 23.7 Å². The lowest BCUT2D eigenvalue weighted by molar-refractivity contribution is -0.359. The molecule has 1 amide bonds. The van der Waals surface area contributed by atoms with Crippen molar-refractivity contribution in [3.8, 4) is 0 Å². The molecule has 2 saturated heterocycles. The average Bonchev–Trinajstić information content (AvgIpc) is 2.33. The minimum absolute atomic E-state index is 0.204. The molecule has 2 heterocycles. The predicted octanol–water partition coefficient (Wildman–Crippen LogP) is 14.8. The third kappa shape index (κ3) is 41.7. The summed E-state index contributed by atoms with van der Waals surface area (Å²) in [7, 11) is 0.